The lowest BCUT2D eigenvalue weighted by molar-refractivity contribution is 0.0620. The van der Waals surface area contributed by atoms with Crippen LogP contribution in [0.15, 0.2) is 45.7 Å². The number of hydrogen-bond acceptors (Lipinski definition) is 5. The van der Waals surface area contributed by atoms with Gasteiger partial charge in [-0.3, -0.25) is 19.5 Å². The first-order chi connectivity index (χ1) is 11.1. The van der Waals surface area contributed by atoms with Gasteiger partial charge in [0.05, 0.1) is 18.4 Å². The van der Waals surface area contributed by atoms with Gasteiger partial charge in [-0.15, -0.1) is 0 Å². The Balaban J connectivity index is 1.54. The second-order valence-electron chi connectivity index (χ2n) is 5.36. The predicted molar refractivity (Wildman–Crippen MR) is 87.3 cm³/mol. The maximum absolute atomic E-state index is 12.4. The molecule has 0 N–H and O–H groups in total. The Kier molecular flexibility index (Phi) is 4.88. The van der Waals surface area contributed by atoms with Crippen molar-refractivity contribution >= 4 is 27.6 Å². The number of piperazine rings is 1. The molecular formula is C16H16BrN3O3. The summed E-state index contributed by atoms with van der Waals surface area (Å²) in [6.07, 6.45) is 4.71. The van der Waals surface area contributed by atoms with Crippen molar-refractivity contribution in [2.75, 3.05) is 32.7 Å². The smallest absolute Gasteiger partial charge is 0.255 e. The molecule has 0 aromatic carbocycles. The molecule has 1 fully saturated rings. The number of nitrogens with zero attached hydrogens (tertiary/aromatic N) is 3. The number of rotatable bonds is 4. The zero-order valence-corrected chi connectivity index (χ0v) is 14.0. The fraction of sp³-hybridized carbons (Fsp3) is 0.312. The molecule has 2 aromatic rings. The average Bonchev–Trinajstić information content (AvgIpc) is 3.09. The largest absolute Gasteiger partial charge is 0.461 e. The predicted octanol–water partition coefficient (Wildman–Crippen LogP) is 2.08. The summed E-state index contributed by atoms with van der Waals surface area (Å²) in [5.41, 5.74) is 0.569. The molecule has 3 heterocycles. The Labute approximate surface area is 142 Å². The minimum absolute atomic E-state index is 0.0317. The van der Waals surface area contributed by atoms with Crippen LogP contribution < -0.4 is 0 Å². The summed E-state index contributed by atoms with van der Waals surface area (Å²) in [4.78, 5) is 32.3. The lowest BCUT2D eigenvalue weighted by Crippen LogP contribution is -2.49. The first-order valence-electron chi connectivity index (χ1n) is 7.32. The van der Waals surface area contributed by atoms with Crippen LogP contribution in [-0.4, -0.2) is 59.2 Å². The zero-order valence-electron chi connectivity index (χ0n) is 12.4. The van der Waals surface area contributed by atoms with E-state index < -0.39 is 0 Å². The van der Waals surface area contributed by atoms with E-state index >= 15 is 0 Å². The zero-order chi connectivity index (χ0) is 16.2. The number of carbonyl (C=O) groups is 2. The summed E-state index contributed by atoms with van der Waals surface area (Å²) in [5, 5.41) is 0. The van der Waals surface area contributed by atoms with E-state index in [2.05, 4.69) is 20.9 Å². The highest BCUT2D eigenvalue weighted by Gasteiger charge is 2.24. The third kappa shape index (κ3) is 3.86. The standard InChI is InChI=1S/C16H16BrN3O3/c17-13-8-12(9-18-10-13)16(22)20-5-3-19(4-6-20)11-14(21)15-2-1-7-23-15/h1-2,7-10H,3-6,11H2. The molecule has 1 aliphatic heterocycles. The van der Waals surface area contributed by atoms with E-state index in [1.54, 1.807) is 35.5 Å². The van der Waals surface area contributed by atoms with Crippen molar-refractivity contribution in [3.63, 3.8) is 0 Å². The summed E-state index contributed by atoms with van der Waals surface area (Å²) in [7, 11) is 0. The molecule has 0 unspecified atom stereocenters. The fourth-order valence-corrected chi connectivity index (χ4v) is 2.90. The minimum Gasteiger partial charge on any atom is -0.461 e. The van der Waals surface area contributed by atoms with Crippen molar-refractivity contribution in [2.45, 2.75) is 0 Å². The van der Waals surface area contributed by atoms with Crippen molar-refractivity contribution in [3.05, 3.63) is 52.7 Å². The lowest BCUT2D eigenvalue weighted by Gasteiger charge is -2.34. The Morgan fingerprint density at radius 3 is 2.65 bits per heavy atom. The fourth-order valence-electron chi connectivity index (χ4n) is 2.54. The molecule has 7 heteroatoms. The summed E-state index contributed by atoms with van der Waals surface area (Å²) >= 11 is 3.32. The Bertz CT molecular complexity index is 694. The number of halogens is 1. The van der Waals surface area contributed by atoms with Gasteiger partial charge in [0.15, 0.2) is 5.76 Å². The number of Topliss-reactive ketones (excluding diaryl/α,β-unsaturated/α-hetero) is 1. The van der Waals surface area contributed by atoms with Crippen molar-refractivity contribution in [1.29, 1.82) is 0 Å². The third-order valence-electron chi connectivity index (χ3n) is 3.77. The SMILES string of the molecule is O=C(CN1CCN(C(=O)c2cncc(Br)c2)CC1)c1ccco1. The molecule has 3 rings (SSSR count). The molecule has 1 aliphatic rings. The number of furan rings is 1. The number of amides is 1. The van der Waals surface area contributed by atoms with Crippen LogP contribution in [-0.2, 0) is 0 Å². The van der Waals surface area contributed by atoms with Crippen molar-refractivity contribution in [2.24, 2.45) is 0 Å². The second-order valence-corrected chi connectivity index (χ2v) is 6.28. The van der Waals surface area contributed by atoms with Crippen molar-refractivity contribution < 1.29 is 14.0 Å². The number of carbonyl (C=O) groups excluding carboxylic acids is 2. The Morgan fingerprint density at radius 2 is 2.00 bits per heavy atom. The van der Waals surface area contributed by atoms with E-state index in [9.17, 15) is 9.59 Å². The quantitative estimate of drug-likeness (QED) is 0.763. The molecular weight excluding hydrogens is 362 g/mol. The number of ketones is 1. The monoisotopic (exact) mass is 377 g/mol. The molecule has 0 bridgehead atoms. The summed E-state index contributed by atoms with van der Waals surface area (Å²) in [6, 6.07) is 5.14. The van der Waals surface area contributed by atoms with E-state index in [1.165, 1.54) is 6.26 Å². The minimum atomic E-state index is -0.0361. The molecule has 0 atom stereocenters. The maximum Gasteiger partial charge on any atom is 0.255 e. The van der Waals surface area contributed by atoms with Crippen LogP contribution in [0, 0.1) is 0 Å². The summed E-state index contributed by atoms with van der Waals surface area (Å²) in [5.74, 6) is 0.311. The van der Waals surface area contributed by atoms with Gasteiger partial charge in [-0.25, -0.2) is 0 Å². The Hall–Kier alpha value is -1.99. The first-order valence-corrected chi connectivity index (χ1v) is 8.11. The maximum atomic E-state index is 12.4. The van der Waals surface area contributed by atoms with Gasteiger partial charge >= 0.3 is 0 Å². The highest BCUT2D eigenvalue weighted by atomic mass is 79.9. The molecule has 0 saturated carbocycles. The summed E-state index contributed by atoms with van der Waals surface area (Å²) in [6.45, 7) is 2.83. The molecule has 120 valence electrons. The van der Waals surface area contributed by atoms with E-state index in [1.807, 2.05) is 4.90 Å². The van der Waals surface area contributed by atoms with Crippen LogP contribution in [0.1, 0.15) is 20.9 Å². The van der Waals surface area contributed by atoms with Crippen LogP contribution in [0.4, 0.5) is 0 Å². The van der Waals surface area contributed by atoms with Crippen molar-refractivity contribution in [1.82, 2.24) is 14.8 Å². The highest BCUT2D eigenvalue weighted by molar-refractivity contribution is 9.10. The van der Waals surface area contributed by atoms with Gasteiger partial charge in [0, 0.05) is 43.0 Å². The van der Waals surface area contributed by atoms with E-state index in [4.69, 9.17) is 4.42 Å². The van der Waals surface area contributed by atoms with Crippen molar-refractivity contribution in [3.8, 4) is 0 Å². The molecule has 2 aromatic heterocycles. The topological polar surface area (TPSA) is 66.7 Å². The molecule has 0 radical (unpaired) electrons. The van der Waals surface area contributed by atoms with E-state index in [0.717, 1.165) is 4.47 Å². The molecule has 6 nitrogen and oxygen atoms in total. The van der Waals surface area contributed by atoms with E-state index in [-0.39, 0.29) is 11.7 Å². The van der Waals surface area contributed by atoms with Crippen LogP contribution in [0.5, 0.6) is 0 Å². The second kappa shape index (κ2) is 7.06. The van der Waals surface area contributed by atoms with Gasteiger partial charge in [-0.2, -0.15) is 0 Å². The molecule has 23 heavy (non-hydrogen) atoms. The van der Waals surface area contributed by atoms with Crippen LogP contribution in [0.2, 0.25) is 0 Å². The number of hydrogen-bond donors (Lipinski definition) is 0. The molecule has 1 amide bonds. The third-order valence-corrected chi connectivity index (χ3v) is 4.21. The molecule has 0 aliphatic carbocycles. The van der Waals surface area contributed by atoms with Gasteiger partial charge in [0.2, 0.25) is 5.78 Å². The van der Waals surface area contributed by atoms with Gasteiger partial charge < -0.3 is 9.32 Å². The normalized spacial score (nSPS) is 15.6. The summed E-state index contributed by atoms with van der Waals surface area (Å²) < 4.78 is 5.90. The highest BCUT2D eigenvalue weighted by Crippen LogP contribution is 2.13. The first kappa shape index (κ1) is 15.9. The average molecular weight is 378 g/mol. The Morgan fingerprint density at radius 1 is 1.22 bits per heavy atom. The van der Waals surface area contributed by atoms with Gasteiger partial charge in [-0.05, 0) is 34.1 Å². The van der Waals surface area contributed by atoms with Gasteiger partial charge in [-0.1, -0.05) is 0 Å². The lowest BCUT2D eigenvalue weighted by atomic mass is 10.2. The van der Waals surface area contributed by atoms with Crippen LogP contribution >= 0.6 is 15.9 Å². The van der Waals surface area contributed by atoms with Gasteiger partial charge in [0.25, 0.3) is 5.91 Å². The number of aromatic nitrogens is 1. The number of pyridine rings is 1. The van der Waals surface area contributed by atoms with Gasteiger partial charge in [0.1, 0.15) is 0 Å². The van der Waals surface area contributed by atoms with E-state index in [0.29, 0.717) is 44.0 Å². The van der Waals surface area contributed by atoms with Crippen LogP contribution in [0.3, 0.4) is 0 Å². The molecule has 0 spiro atoms. The molecule has 1 saturated heterocycles. The van der Waals surface area contributed by atoms with Crippen LogP contribution in [0.25, 0.3) is 0 Å².